The summed E-state index contributed by atoms with van der Waals surface area (Å²) in [7, 11) is 0. The van der Waals surface area contributed by atoms with Gasteiger partial charge in [0.15, 0.2) is 0 Å². The Balaban J connectivity index is 1.98. The fraction of sp³-hybridized carbons (Fsp3) is 0.250. The predicted molar refractivity (Wildman–Crippen MR) is 93.9 cm³/mol. The van der Waals surface area contributed by atoms with Crippen molar-refractivity contribution in [1.82, 2.24) is 5.32 Å². The molecule has 0 fully saturated rings. The van der Waals surface area contributed by atoms with Gasteiger partial charge in [-0.1, -0.05) is 23.7 Å². The van der Waals surface area contributed by atoms with Crippen LogP contribution in [0.5, 0.6) is 0 Å². The van der Waals surface area contributed by atoms with Gasteiger partial charge in [-0.2, -0.15) is 0 Å². The van der Waals surface area contributed by atoms with Crippen molar-refractivity contribution < 1.29 is 9.59 Å². The number of carbonyl (C=O) groups excluding carboxylic acids is 2. The monoisotopic (exact) mass is 351 g/mol. The molecule has 0 spiro atoms. The van der Waals surface area contributed by atoms with Crippen LogP contribution < -0.4 is 16.4 Å². The van der Waals surface area contributed by atoms with Crippen molar-refractivity contribution in [2.75, 3.05) is 5.32 Å². The van der Waals surface area contributed by atoms with Crippen LogP contribution >= 0.6 is 22.9 Å². The number of carbonyl (C=O) groups is 2. The molecule has 0 radical (unpaired) electrons. The van der Waals surface area contributed by atoms with E-state index in [9.17, 15) is 9.59 Å². The van der Waals surface area contributed by atoms with Gasteiger partial charge in [0.2, 0.25) is 5.91 Å². The van der Waals surface area contributed by atoms with Crippen molar-refractivity contribution >= 4 is 39.8 Å². The first kappa shape index (κ1) is 17.5. The van der Waals surface area contributed by atoms with Crippen molar-refractivity contribution in [3.8, 4) is 0 Å². The Morgan fingerprint density at radius 2 is 1.83 bits per heavy atom. The van der Waals surface area contributed by atoms with Crippen LogP contribution in [0.1, 0.15) is 35.8 Å². The smallest absolute Gasteiger partial charge is 0.251 e. The van der Waals surface area contributed by atoms with Crippen LogP contribution in [0.2, 0.25) is 5.02 Å². The second-order valence-corrected chi connectivity index (χ2v) is 6.53. The molecule has 1 heterocycles. The molecule has 5 nitrogen and oxygen atoms in total. The summed E-state index contributed by atoms with van der Waals surface area (Å²) < 4.78 is 0. The van der Waals surface area contributed by atoms with Gasteiger partial charge in [0.25, 0.3) is 5.91 Å². The number of amides is 2. The molecular weight excluding hydrogens is 334 g/mol. The molecule has 122 valence electrons. The molecule has 0 saturated heterocycles. The van der Waals surface area contributed by atoms with E-state index in [4.69, 9.17) is 17.3 Å². The second-order valence-electron chi connectivity index (χ2n) is 5.18. The molecule has 0 aliphatic heterocycles. The van der Waals surface area contributed by atoms with E-state index in [0.717, 1.165) is 5.56 Å². The molecule has 0 aliphatic carbocycles. The summed E-state index contributed by atoms with van der Waals surface area (Å²) in [5.41, 5.74) is 6.62. The Labute approximate surface area is 143 Å². The molecule has 2 atom stereocenters. The van der Waals surface area contributed by atoms with Crippen molar-refractivity contribution in [1.29, 1.82) is 0 Å². The Hall–Kier alpha value is -1.89. The zero-order chi connectivity index (χ0) is 17.0. The number of hydrogen-bond donors (Lipinski definition) is 3. The van der Waals surface area contributed by atoms with E-state index in [2.05, 4.69) is 10.6 Å². The quantitative estimate of drug-likeness (QED) is 0.747. The topological polar surface area (TPSA) is 84.2 Å². The summed E-state index contributed by atoms with van der Waals surface area (Å²) >= 11 is 7.14. The molecule has 23 heavy (non-hydrogen) atoms. The summed E-state index contributed by atoms with van der Waals surface area (Å²) in [6.07, 6.45) is 0. The van der Waals surface area contributed by atoms with Gasteiger partial charge in [0.1, 0.15) is 5.00 Å². The van der Waals surface area contributed by atoms with Crippen molar-refractivity contribution in [3.63, 3.8) is 0 Å². The van der Waals surface area contributed by atoms with Gasteiger partial charge in [0.05, 0.1) is 11.6 Å². The molecule has 1 aromatic heterocycles. The van der Waals surface area contributed by atoms with Crippen molar-refractivity contribution in [2.45, 2.75) is 25.9 Å². The minimum Gasteiger partial charge on any atom is -0.366 e. The third kappa shape index (κ3) is 4.54. The number of rotatable bonds is 6. The number of benzene rings is 1. The van der Waals surface area contributed by atoms with Crippen LogP contribution in [-0.4, -0.2) is 17.9 Å². The van der Waals surface area contributed by atoms with Crippen LogP contribution in [0, 0.1) is 0 Å². The first-order valence-electron chi connectivity index (χ1n) is 7.08. The summed E-state index contributed by atoms with van der Waals surface area (Å²) in [6, 6.07) is 8.58. The van der Waals surface area contributed by atoms with E-state index in [0.29, 0.717) is 15.6 Å². The average molecular weight is 352 g/mol. The number of anilines is 1. The van der Waals surface area contributed by atoms with Crippen molar-refractivity contribution in [2.24, 2.45) is 5.73 Å². The van der Waals surface area contributed by atoms with Crippen LogP contribution in [0.4, 0.5) is 5.00 Å². The molecular formula is C16H18ClN3O2S. The number of nitrogens with two attached hydrogens (primary N) is 1. The summed E-state index contributed by atoms with van der Waals surface area (Å²) in [6.45, 7) is 3.73. The third-order valence-corrected chi connectivity index (χ3v) is 4.51. The zero-order valence-electron chi connectivity index (χ0n) is 12.8. The lowest BCUT2D eigenvalue weighted by Crippen LogP contribution is -2.39. The maximum atomic E-state index is 12.3. The van der Waals surface area contributed by atoms with Gasteiger partial charge in [-0.25, -0.2) is 0 Å². The number of hydrogen-bond acceptors (Lipinski definition) is 4. The average Bonchev–Trinajstić information content (AvgIpc) is 2.96. The van der Waals surface area contributed by atoms with E-state index in [1.807, 2.05) is 31.2 Å². The third-order valence-electron chi connectivity index (χ3n) is 3.43. The van der Waals surface area contributed by atoms with E-state index in [1.54, 1.807) is 18.4 Å². The second kappa shape index (κ2) is 7.59. The van der Waals surface area contributed by atoms with Gasteiger partial charge in [-0.15, -0.1) is 11.3 Å². The lowest BCUT2D eigenvalue weighted by atomic mass is 10.1. The van der Waals surface area contributed by atoms with Gasteiger partial charge in [-0.05, 0) is 43.0 Å². The number of halogens is 1. The van der Waals surface area contributed by atoms with Gasteiger partial charge in [0, 0.05) is 11.1 Å². The zero-order valence-corrected chi connectivity index (χ0v) is 14.4. The Bertz CT molecular complexity index is 700. The standard InChI is InChI=1S/C16H18ClN3O2S/c1-9(11-3-5-12(17)6-4-11)19-10(2)15(22)20-16-13(14(18)21)7-8-23-16/h3-10,19H,1-2H3,(H2,18,21)(H,20,22)/t9-,10-/m0/s1. The molecule has 2 amide bonds. The largest absolute Gasteiger partial charge is 0.366 e. The molecule has 2 rings (SSSR count). The molecule has 2 aromatic rings. The Kier molecular flexibility index (Phi) is 5.76. The molecule has 1 aromatic carbocycles. The fourth-order valence-corrected chi connectivity index (χ4v) is 3.04. The van der Waals surface area contributed by atoms with Crippen LogP contribution in [-0.2, 0) is 4.79 Å². The fourth-order valence-electron chi connectivity index (χ4n) is 2.12. The van der Waals surface area contributed by atoms with Crippen LogP contribution in [0.15, 0.2) is 35.7 Å². The molecule has 0 saturated carbocycles. The normalized spacial score (nSPS) is 13.3. The lowest BCUT2D eigenvalue weighted by Gasteiger charge is -2.20. The SMILES string of the molecule is C[C@H](N[C@@H](C)c1ccc(Cl)cc1)C(=O)Nc1sccc1C(N)=O. The molecule has 0 bridgehead atoms. The lowest BCUT2D eigenvalue weighted by molar-refractivity contribution is -0.117. The van der Waals surface area contributed by atoms with Crippen LogP contribution in [0.3, 0.4) is 0 Å². The minimum absolute atomic E-state index is 0.0213. The summed E-state index contributed by atoms with van der Waals surface area (Å²) in [4.78, 5) is 23.5. The first-order chi connectivity index (χ1) is 10.9. The highest BCUT2D eigenvalue weighted by atomic mass is 35.5. The van der Waals surface area contributed by atoms with Gasteiger partial charge in [-0.3, -0.25) is 14.9 Å². The molecule has 0 unspecified atom stereocenters. The predicted octanol–water partition coefficient (Wildman–Crippen LogP) is 3.18. The highest BCUT2D eigenvalue weighted by Crippen LogP contribution is 2.23. The molecule has 7 heteroatoms. The first-order valence-corrected chi connectivity index (χ1v) is 8.34. The van der Waals surface area contributed by atoms with E-state index in [1.165, 1.54) is 11.3 Å². The van der Waals surface area contributed by atoms with E-state index in [-0.39, 0.29) is 11.9 Å². The minimum atomic E-state index is -0.559. The maximum Gasteiger partial charge on any atom is 0.251 e. The highest BCUT2D eigenvalue weighted by molar-refractivity contribution is 7.14. The molecule has 0 aliphatic rings. The highest BCUT2D eigenvalue weighted by Gasteiger charge is 2.19. The number of thiophene rings is 1. The van der Waals surface area contributed by atoms with Crippen molar-refractivity contribution in [3.05, 3.63) is 51.9 Å². The molecule has 4 N–H and O–H groups in total. The van der Waals surface area contributed by atoms with Gasteiger partial charge < -0.3 is 11.1 Å². The Morgan fingerprint density at radius 3 is 2.43 bits per heavy atom. The number of nitrogens with one attached hydrogen (secondary N) is 2. The Morgan fingerprint density at radius 1 is 1.17 bits per heavy atom. The summed E-state index contributed by atoms with van der Waals surface area (Å²) in [5.74, 6) is -0.785. The summed E-state index contributed by atoms with van der Waals surface area (Å²) in [5, 5.41) is 8.79. The maximum absolute atomic E-state index is 12.3. The van der Waals surface area contributed by atoms with Gasteiger partial charge >= 0.3 is 0 Å². The number of primary amides is 1. The van der Waals surface area contributed by atoms with E-state index < -0.39 is 11.9 Å². The van der Waals surface area contributed by atoms with E-state index >= 15 is 0 Å². The van der Waals surface area contributed by atoms with Crippen LogP contribution in [0.25, 0.3) is 0 Å².